The Kier molecular flexibility index (Phi) is 4.86. The summed E-state index contributed by atoms with van der Waals surface area (Å²) in [7, 11) is 0. The van der Waals surface area contributed by atoms with Crippen LogP contribution in [0, 0.1) is 0 Å². The Morgan fingerprint density at radius 1 is 1.56 bits per heavy atom. The predicted octanol–water partition coefficient (Wildman–Crippen LogP) is -0.395. The standard InChI is InChI=1S/C12H21N5O/c13-11-3-5-15-12(16-11)9-17(6-7-18)8-10-2-1-4-14-10/h3,5,10,14,18H,1-2,4,6-9H2,(H2,13,15,16). The average Bonchev–Trinajstić information content (AvgIpc) is 2.82. The van der Waals surface area contributed by atoms with Gasteiger partial charge in [0.2, 0.25) is 0 Å². The third-order valence-corrected chi connectivity index (χ3v) is 3.15. The average molecular weight is 251 g/mol. The number of nitrogen functional groups attached to an aromatic ring is 1. The third-order valence-electron chi connectivity index (χ3n) is 3.15. The van der Waals surface area contributed by atoms with Gasteiger partial charge in [-0.05, 0) is 25.5 Å². The van der Waals surface area contributed by atoms with Crippen molar-refractivity contribution < 1.29 is 5.11 Å². The van der Waals surface area contributed by atoms with Crippen molar-refractivity contribution in [3.63, 3.8) is 0 Å². The van der Waals surface area contributed by atoms with Crippen LogP contribution in [0.3, 0.4) is 0 Å². The van der Waals surface area contributed by atoms with Gasteiger partial charge in [0.15, 0.2) is 0 Å². The van der Waals surface area contributed by atoms with E-state index in [9.17, 15) is 0 Å². The van der Waals surface area contributed by atoms with Gasteiger partial charge in [0, 0.05) is 25.3 Å². The summed E-state index contributed by atoms with van der Waals surface area (Å²) in [6, 6.07) is 2.19. The molecule has 1 aliphatic rings. The van der Waals surface area contributed by atoms with Crippen LogP contribution in [0.15, 0.2) is 12.3 Å². The van der Waals surface area contributed by atoms with Crippen molar-refractivity contribution in [2.45, 2.75) is 25.4 Å². The molecule has 0 saturated carbocycles. The van der Waals surface area contributed by atoms with Crippen LogP contribution in [0.2, 0.25) is 0 Å². The van der Waals surface area contributed by atoms with Gasteiger partial charge in [-0.3, -0.25) is 4.90 Å². The lowest BCUT2D eigenvalue weighted by Gasteiger charge is -2.24. The first-order chi connectivity index (χ1) is 8.78. The van der Waals surface area contributed by atoms with E-state index in [-0.39, 0.29) is 6.61 Å². The second kappa shape index (κ2) is 6.63. The molecule has 1 aromatic rings. The van der Waals surface area contributed by atoms with Gasteiger partial charge < -0.3 is 16.2 Å². The summed E-state index contributed by atoms with van der Waals surface area (Å²) < 4.78 is 0. The lowest BCUT2D eigenvalue weighted by atomic mass is 10.2. The Morgan fingerprint density at radius 3 is 3.11 bits per heavy atom. The molecule has 18 heavy (non-hydrogen) atoms. The van der Waals surface area contributed by atoms with Crippen LogP contribution in [-0.2, 0) is 6.54 Å². The predicted molar refractivity (Wildman–Crippen MR) is 69.8 cm³/mol. The highest BCUT2D eigenvalue weighted by molar-refractivity contribution is 5.24. The molecular weight excluding hydrogens is 230 g/mol. The molecule has 6 nitrogen and oxygen atoms in total. The number of aromatic nitrogens is 2. The number of rotatable bonds is 6. The molecule has 1 atom stereocenters. The van der Waals surface area contributed by atoms with Crippen molar-refractivity contribution in [2.24, 2.45) is 0 Å². The summed E-state index contributed by atoms with van der Waals surface area (Å²) in [5, 5.41) is 12.6. The van der Waals surface area contributed by atoms with E-state index in [0.717, 1.165) is 13.1 Å². The SMILES string of the molecule is Nc1ccnc(CN(CCO)CC2CCCN2)n1. The van der Waals surface area contributed by atoms with Crippen LogP contribution in [0.5, 0.6) is 0 Å². The number of hydrogen-bond acceptors (Lipinski definition) is 6. The van der Waals surface area contributed by atoms with Crippen molar-refractivity contribution in [3.05, 3.63) is 18.1 Å². The van der Waals surface area contributed by atoms with Gasteiger partial charge in [-0.25, -0.2) is 9.97 Å². The second-order valence-electron chi connectivity index (χ2n) is 4.65. The maximum Gasteiger partial charge on any atom is 0.144 e. The molecule has 1 unspecified atom stereocenters. The number of nitrogens with two attached hydrogens (primary N) is 1. The van der Waals surface area contributed by atoms with Gasteiger partial charge in [0.05, 0.1) is 13.2 Å². The highest BCUT2D eigenvalue weighted by Crippen LogP contribution is 2.09. The monoisotopic (exact) mass is 251 g/mol. The van der Waals surface area contributed by atoms with Crippen LogP contribution in [0.1, 0.15) is 18.7 Å². The van der Waals surface area contributed by atoms with Crippen LogP contribution >= 0.6 is 0 Å². The van der Waals surface area contributed by atoms with Crippen molar-refractivity contribution in [3.8, 4) is 0 Å². The van der Waals surface area contributed by atoms with E-state index in [1.54, 1.807) is 12.3 Å². The Morgan fingerprint density at radius 2 is 2.44 bits per heavy atom. The first-order valence-electron chi connectivity index (χ1n) is 6.42. The fourth-order valence-electron chi connectivity index (χ4n) is 2.29. The molecular formula is C12H21N5O. The fourth-order valence-corrected chi connectivity index (χ4v) is 2.29. The Labute approximate surface area is 107 Å². The zero-order valence-corrected chi connectivity index (χ0v) is 10.5. The van der Waals surface area contributed by atoms with Crippen molar-refractivity contribution in [1.29, 1.82) is 0 Å². The van der Waals surface area contributed by atoms with Crippen LogP contribution in [0.4, 0.5) is 5.82 Å². The molecule has 4 N–H and O–H groups in total. The van der Waals surface area contributed by atoms with Crippen molar-refractivity contribution in [1.82, 2.24) is 20.2 Å². The molecule has 6 heteroatoms. The molecule has 0 bridgehead atoms. The summed E-state index contributed by atoms with van der Waals surface area (Å²) >= 11 is 0. The molecule has 100 valence electrons. The Hall–Kier alpha value is -1.24. The molecule has 1 aliphatic heterocycles. The summed E-state index contributed by atoms with van der Waals surface area (Å²) in [5.74, 6) is 1.20. The fraction of sp³-hybridized carbons (Fsp3) is 0.667. The lowest BCUT2D eigenvalue weighted by Crippen LogP contribution is -2.39. The van der Waals surface area contributed by atoms with E-state index in [0.29, 0.717) is 30.8 Å². The van der Waals surface area contributed by atoms with Gasteiger partial charge in [-0.2, -0.15) is 0 Å². The molecule has 2 rings (SSSR count). The largest absolute Gasteiger partial charge is 0.395 e. The van der Waals surface area contributed by atoms with Crippen LogP contribution in [0.25, 0.3) is 0 Å². The van der Waals surface area contributed by atoms with Gasteiger partial charge >= 0.3 is 0 Å². The smallest absolute Gasteiger partial charge is 0.144 e. The van der Waals surface area contributed by atoms with E-state index in [1.807, 2.05) is 0 Å². The molecule has 0 aliphatic carbocycles. The van der Waals surface area contributed by atoms with Crippen molar-refractivity contribution >= 4 is 5.82 Å². The highest BCUT2D eigenvalue weighted by atomic mass is 16.3. The van der Waals surface area contributed by atoms with E-state index in [2.05, 4.69) is 20.2 Å². The van der Waals surface area contributed by atoms with Gasteiger partial charge in [0.1, 0.15) is 11.6 Å². The minimum atomic E-state index is 0.148. The summed E-state index contributed by atoms with van der Waals surface area (Å²) in [5.41, 5.74) is 5.64. The molecule has 1 saturated heterocycles. The molecule has 0 aromatic carbocycles. The highest BCUT2D eigenvalue weighted by Gasteiger charge is 2.18. The zero-order chi connectivity index (χ0) is 12.8. The number of nitrogens with zero attached hydrogens (tertiary/aromatic N) is 3. The minimum Gasteiger partial charge on any atom is -0.395 e. The van der Waals surface area contributed by atoms with Gasteiger partial charge in [0.25, 0.3) is 0 Å². The summed E-state index contributed by atoms with van der Waals surface area (Å²) in [6.45, 7) is 3.42. The molecule has 2 heterocycles. The maximum atomic E-state index is 9.12. The number of nitrogens with one attached hydrogen (secondary N) is 1. The number of aliphatic hydroxyl groups excluding tert-OH is 1. The van der Waals surface area contributed by atoms with Crippen LogP contribution < -0.4 is 11.1 Å². The summed E-state index contributed by atoms with van der Waals surface area (Å²) in [4.78, 5) is 10.6. The first kappa shape index (κ1) is 13.2. The van der Waals surface area contributed by atoms with Gasteiger partial charge in [-0.15, -0.1) is 0 Å². The topological polar surface area (TPSA) is 87.3 Å². The number of hydrogen-bond donors (Lipinski definition) is 3. The summed E-state index contributed by atoms with van der Waals surface area (Å²) in [6.07, 6.45) is 4.09. The minimum absolute atomic E-state index is 0.148. The molecule has 1 aromatic heterocycles. The molecule has 0 spiro atoms. The first-order valence-corrected chi connectivity index (χ1v) is 6.42. The number of aliphatic hydroxyl groups is 1. The quantitative estimate of drug-likeness (QED) is 0.638. The van der Waals surface area contributed by atoms with E-state index in [1.165, 1.54) is 12.8 Å². The second-order valence-corrected chi connectivity index (χ2v) is 4.65. The third kappa shape index (κ3) is 3.90. The maximum absolute atomic E-state index is 9.12. The van der Waals surface area contributed by atoms with Gasteiger partial charge in [-0.1, -0.05) is 0 Å². The lowest BCUT2D eigenvalue weighted by molar-refractivity contribution is 0.176. The molecule has 0 radical (unpaired) electrons. The van der Waals surface area contributed by atoms with E-state index >= 15 is 0 Å². The van der Waals surface area contributed by atoms with E-state index in [4.69, 9.17) is 10.8 Å². The normalized spacial score (nSPS) is 19.6. The van der Waals surface area contributed by atoms with E-state index < -0.39 is 0 Å². The van der Waals surface area contributed by atoms with Crippen LogP contribution in [-0.4, -0.2) is 52.3 Å². The van der Waals surface area contributed by atoms with Crippen molar-refractivity contribution in [2.75, 3.05) is 32.0 Å². The molecule has 0 amide bonds. The zero-order valence-electron chi connectivity index (χ0n) is 10.5. The number of anilines is 1. The Balaban J connectivity index is 1.92. The Bertz CT molecular complexity index is 367. The molecule has 1 fully saturated rings.